The molecule has 0 saturated carbocycles. The van der Waals surface area contributed by atoms with Crippen LogP contribution in [0, 0.1) is 0 Å². The van der Waals surface area contributed by atoms with Crippen LogP contribution in [0.15, 0.2) is 77.8 Å². The van der Waals surface area contributed by atoms with E-state index in [9.17, 15) is 4.79 Å². The number of para-hydroxylation sites is 2. The van der Waals surface area contributed by atoms with Gasteiger partial charge < -0.3 is 25.4 Å². The van der Waals surface area contributed by atoms with Crippen molar-refractivity contribution >= 4 is 11.9 Å². The number of rotatable bonds is 9. The van der Waals surface area contributed by atoms with Gasteiger partial charge in [0.1, 0.15) is 5.75 Å². The summed E-state index contributed by atoms with van der Waals surface area (Å²) in [6, 6.07) is 23.1. The van der Waals surface area contributed by atoms with Crippen LogP contribution < -0.4 is 25.4 Å². The molecule has 0 radical (unpaired) electrons. The van der Waals surface area contributed by atoms with E-state index in [-0.39, 0.29) is 5.91 Å². The molecule has 0 unspecified atom stereocenters. The second kappa shape index (κ2) is 12.1. The first-order valence-electron chi connectivity index (χ1n) is 10.8. The van der Waals surface area contributed by atoms with Crippen molar-refractivity contribution in [1.29, 1.82) is 0 Å². The number of benzene rings is 3. The van der Waals surface area contributed by atoms with Gasteiger partial charge in [-0.05, 0) is 53.9 Å². The van der Waals surface area contributed by atoms with E-state index < -0.39 is 0 Å². The first-order valence-corrected chi connectivity index (χ1v) is 10.8. The zero-order chi connectivity index (χ0) is 23.5. The molecule has 0 atom stereocenters. The number of carbonyl (C=O) groups excluding carboxylic acids is 1. The molecule has 0 saturated heterocycles. The van der Waals surface area contributed by atoms with Crippen molar-refractivity contribution in [3.63, 3.8) is 0 Å². The summed E-state index contributed by atoms with van der Waals surface area (Å²) >= 11 is 0. The van der Waals surface area contributed by atoms with Gasteiger partial charge in [-0.2, -0.15) is 0 Å². The summed E-state index contributed by atoms with van der Waals surface area (Å²) in [6.45, 7) is 1.32. The SMILES string of the molecule is CN=C(NCCc1cccc(C(=O)NC)c1)NCc1ccc(Oc2ccccc2OC)cc1. The van der Waals surface area contributed by atoms with E-state index in [1.807, 2.05) is 72.8 Å². The molecule has 0 fully saturated rings. The van der Waals surface area contributed by atoms with E-state index in [1.165, 1.54) is 0 Å². The normalized spacial score (nSPS) is 10.9. The van der Waals surface area contributed by atoms with E-state index in [1.54, 1.807) is 21.2 Å². The molecular formula is C26H30N4O3. The fraction of sp³-hybridized carbons (Fsp3) is 0.231. The molecular weight excluding hydrogens is 416 g/mol. The van der Waals surface area contributed by atoms with Crippen LogP contribution in [0.3, 0.4) is 0 Å². The van der Waals surface area contributed by atoms with Gasteiger partial charge in [0.05, 0.1) is 7.11 Å². The minimum Gasteiger partial charge on any atom is -0.493 e. The van der Waals surface area contributed by atoms with Gasteiger partial charge in [0, 0.05) is 32.7 Å². The number of amides is 1. The Kier molecular flexibility index (Phi) is 8.71. The van der Waals surface area contributed by atoms with Gasteiger partial charge in [-0.3, -0.25) is 9.79 Å². The molecule has 3 aromatic rings. The predicted octanol–water partition coefficient (Wildman–Crippen LogP) is 3.75. The van der Waals surface area contributed by atoms with Crippen LogP contribution in [0.5, 0.6) is 17.2 Å². The summed E-state index contributed by atoms with van der Waals surface area (Å²) in [6.07, 6.45) is 0.778. The maximum atomic E-state index is 11.8. The second-order valence-electron chi connectivity index (χ2n) is 7.28. The summed E-state index contributed by atoms with van der Waals surface area (Å²) in [4.78, 5) is 16.1. The lowest BCUT2D eigenvalue weighted by Crippen LogP contribution is -2.37. The Morgan fingerprint density at radius 2 is 1.67 bits per heavy atom. The van der Waals surface area contributed by atoms with Crippen LogP contribution in [-0.4, -0.2) is 39.6 Å². The highest BCUT2D eigenvalue weighted by Gasteiger charge is 2.06. The van der Waals surface area contributed by atoms with Crippen LogP contribution >= 0.6 is 0 Å². The monoisotopic (exact) mass is 446 g/mol. The van der Waals surface area contributed by atoms with Gasteiger partial charge in [-0.25, -0.2) is 0 Å². The predicted molar refractivity (Wildman–Crippen MR) is 131 cm³/mol. The van der Waals surface area contributed by atoms with Crippen LogP contribution in [0.2, 0.25) is 0 Å². The van der Waals surface area contributed by atoms with Crippen LogP contribution in [0.25, 0.3) is 0 Å². The quantitative estimate of drug-likeness (QED) is 0.344. The van der Waals surface area contributed by atoms with E-state index in [0.717, 1.165) is 23.3 Å². The van der Waals surface area contributed by atoms with Crippen molar-refractivity contribution in [1.82, 2.24) is 16.0 Å². The molecule has 172 valence electrons. The highest BCUT2D eigenvalue weighted by molar-refractivity contribution is 5.94. The Bertz CT molecular complexity index is 1080. The number of ether oxygens (including phenoxy) is 2. The molecule has 0 heterocycles. The molecule has 0 aliphatic carbocycles. The third kappa shape index (κ3) is 7.00. The maximum Gasteiger partial charge on any atom is 0.251 e. The number of hydrogen-bond donors (Lipinski definition) is 3. The van der Waals surface area contributed by atoms with Gasteiger partial charge >= 0.3 is 0 Å². The van der Waals surface area contributed by atoms with Crippen molar-refractivity contribution in [2.75, 3.05) is 27.7 Å². The summed E-state index contributed by atoms with van der Waals surface area (Å²) in [5.74, 6) is 2.74. The fourth-order valence-corrected chi connectivity index (χ4v) is 3.25. The van der Waals surface area contributed by atoms with Crippen molar-refractivity contribution in [3.8, 4) is 17.2 Å². The molecule has 3 N–H and O–H groups in total. The molecule has 0 aromatic heterocycles. The van der Waals surface area contributed by atoms with Gasteiger partial charge in [-0.15, -0.1) is 0 Å². The average molecular weight is 447 g/mol. The standard InChI is InChI=1S/C26H30N4O3/c1-27-25(31)21-8-6-7-19(17-21)15-16-29-26(28-2)30-18-20-11-13-22(14-12-20)33-24-10-5-4-9-23(24)32-3/h4-14,17H,15-16,18H2,1-3H3,(H,27,31)(H2,28,29,30). The summed E-state index contributed by atoms with van der Waals surface area (Å²) < 4.78 is 11.2. The number of nitrogens with zero attached hydrogens (tertiary/aromatic N) is 1. The summed E-state index contributed by atoms with van der Waals surface area (Å²) in [5, 5.41) is 9.27. The van der Waals surface area contributed by atoms with E-state index in [2.05, 4.69) is 20.9 Å². The van der Waals surface area contributed by atoms with Crippen molar-refractivity contribution in [2.24, 2.45) is 4.99 Å². The molecule has 7 heteroatoms. The fourth-order valence-electron chi connectivity index (χ4n) is 3.25. The van der Waals surface area contributed by atoms with E-state index in [4.69, 9.17) is 9.47 Å². The number of methoxy groups -OCH3 is 1. The van der Waals surface area contributed by atoms with Crippen molar-refractivity contribution < 1.29 is 14.3 Å². The smallest absolute Gasteiger partial charge is 0.251 e. The molecule has 1 amide bonds. The van der Waals surface area contributed by atoms with Gasteiger partial charge in [0.2, 0.25) is 0 Å². The highest BCUT2D eigenvalue weighted by atomic mass is 16.5. The molecule has 0 aliphatic heterocycles. The molecule has 0 spiro atoms. The molecule has 3 aromatic carbocycles. The third-order valence-corrected chi connectivity index (χ3v) is 5.03. The van der Waals surface area contributed by atoms with E-state index in [0.29, 0.717) is 36.1 Å². The Morgan fingerprint density at radius 1 is 0.909 bits per heavy atom. The minimum atomic E-state index is -0.0818. The van der Waals surface area contributed by atoms with Crippen LogP contribution in [-0.2, 0) is 13.0 Å². The molecule has 0 bridgehead atoms. The van der Waals surface area contributed by atoms with E-state index >= 15 is 0 Å². The number of guanidine groups is 1. The lowest BCUT2D eigenvalue weighted by molar-refractivity contribution is 0.0963. The zero-order valence-electron chi connectivity index (χ0n) is 19.2. The first-order chi connectivity index (χ1) is 16.1. The Hall–Kier alpha value is -4.00. The molecule has 3 rings (SSSR count). The van der Waals surface area contributed by atoms with Crippen molar-refractivity contribution in [2.45, 2.75) is 13.0 Å². The maximum absolute atomic E-state index is 11.8. The van der Waals surface area contributed by atoms with Gasteiger partial charge in [-0.1, -0.05) is 36.4 Å². The highest BCUT2D eigenvalue weighted by Crippen LogP contribution is 2.30. The largest absolute Gasteiger partial charge is 0.493 e. The Labute approximate surface area is 194 Å². The number of hydrogen-bond acceptors (Lipinski definition) is 4. The van der Waals surface area contributed by atoms with Gasteiger partial charge in [0.25, 0.3) is 5.91 Å². The van der Waals surface area contributed by atoms with Crippen LogP contribution in [0.1, 0.15) is 21.5 Å². The Morgan fingerprint density at radius 3 is 2.36 bits per heavy atom. The van der Waals surface area contributed by atoms with Crippen LogP contribution in [0.4, 0.5) is 0 Å². The lowest BCUT2D eigenvalue weighted by atomic mass is 10.1. The summed E-state index contributed by atoms with van der Waals surface area (Å²) in [7, 11) is 5.00. The topological polar surface area (TPSA) is 84.0 Å². The molecule has 0 aliphatic rings. The third-order valence-electron chi connectivity index (χ3n) is 5.03. The Balaban J connectivity index is 1.47. The van der Waals surface area contributed by atoms with Gasteiger partial charge in [0.15, 0.2) is 17.5 Å². The zero-order valence-corrected chi connectivity index (χ0v) is 19.2. The lowest BCUT2D eigenvalue weighted by Gasteiger charge is -2.13. The molecule has 33 heavy (non-hydrogen) atoms. The minimum absolute atomic E-state index is 0.0818. The number of carbonyl (C=O) groups is 1. The summed E-state index contributed by atoms with van der Waals surface area (Å²) in [5.41, 5.74) is 2.85. The number of nitrogens with one attached hydrogen (secondary N) is 3. The second-order valence-corrected chi connectivity index (χ2v) is 7.28. The van der Waals surface area contributed by atoms with Crippen molar-refractivity contribution in [3.05, 3.63) is 89.5 Å². The first kappa shape index (κ1) is 23.7. The average Bonchev–Trinajstić information content (AvgIpc) is 2.87. The molecule has 7 nitrogen and oxygen atoms in total. The number of aliphatic imine (C=N–C) groups is 1.